The second-order valence-electron chi connectivity index (χ2n) is 8.01. The third-order valence-electron chi connectivity index (χ3n) is 5.54. The molecule has 11 heteroatoms. The van der Waals surface area contributed by atoms with Crippen molar-refractivity contribution in [1.82, 2.24) is 0 Å². The van der Waals surface area contributed by atoms with Gasteiger partial charge in [-0.1, -0.05) is 23.2 Å². The van der Waals surface area contributed by atoms with E-state index in [0.29, 0.717) is 33.6 Å². The van der Waals surface area contributed by atoms with Crippen LogP contribution in [0.3, 0.4) is 0 Å². The minimum Gasteiger partial charge on any atom is -0.495 e. The van der Waals surface area contributed by atoms with Gasteiger partial charge in [0.1, 0.15) is 22.1 Å². The van der Waals surface area contributed by atoms with E-state index in [4.69, 9.17) is 32.7 Å². The van der Waals surface area contributed by atoms with Crippen LogP contribution >= 0.6 is 23.2 Å². The molecule has 0 saturated carbocycles. The molecule has 4 aromatic rings. The third-order valence-corrected chi connectivity index (χ3v) is 7.84. The molecule has 0 aromatic heterocycles. The van der Waals surface area contributed by atoms with E-state index in [2.05, 4.69) is 5.32 Å². The summed E-state index contributed by atoms with van der Waals surface area (Å²) in [6.07, 6.45) is 0. The minimum absolute atomic E-state index is 0.00960. The van der Waals surface area contributed by atoms with Gasteiger partial charge in [-0.2, -0.15) is 0 Å². The molecule has 0 saturated heterocycles. The van der Waals surface area contributed by atoms with Gasteiger partial charge < -0.3 is 19.9 Å². The fourth-order valence-electron chi connectivity index (χ4n) is 3.56. The van der Waals surface area contributed by atoms with Crippen LogP contribution in [0, 0.1) is 0 Å². The highest BCUT2D eigenvalue weighted by Crippen LogP contribution is 2.33. The summed E-state index contributed by atoms with van der Waals surface area (Å²) >= 11 is 11.9. The Bertz CT molecular complexity index is 1580. The number of methoxy groups -OCH3 is 1. The highest BCUT2D eigenvalue weighted by Gasteiger charge is 2.26. The summed E-state index contributed by atoms with van der Waals surface area (Å²) in [6.45, 7) is 0. The van der Waals surface area contributed by atoms with E-state index >= 15 is 0 Å². The number of carboxylic acid groups (broad SMARTS) is 1. The molecule has 2 N–H and O–H groups in total. The van der Waals surface area contributed by atoms with Crippen molar-refractivity contribution in [3.8, 4) is 17.2 Å². The lowest BCUT2D eigenvalue weighted by molar-refractivity contribution is 0.0697. The Labute approximate surface area is 230 Å². The Morgan fingerprint density at radius 2 is 1.50 bits per heavy atom. The second kappa shape index (κ2) is 11.2. The van der Waals surface area contributed by atoms with E-state index < -0.39 is 16.0 Å². The number of carboxylic acids is 1. The Balaban J connectivity index is 1.53. The lowest BCUT2D eigenvalue weighted by Crippen LogP contribution is -2.26. The zero-order valence-corrected chi connectivity index (χ0v) is 22.5. The third kappa shape index (κ3) is 5.96. The monoisotopic (exact) mass is 572 g/mol. The first kappa shape index (κ1) is 27.1. The maximum atomic E-state index is 13.2. The second-order valence-corrected chi connectivity index (χ2v) is 10.8. The summed E-state index contributed by atoms with van der Waals surface area (Å²) in [6, 6.07) is 22.1. The Morgan fingerprint density at radius 1 is 0.868 bits per heavy atom. The fraction of sp³-hybridized carbons (Fsp3) is 0.0741. The first-order valence-corrected chi connectivity index (χ1v) is 13.3. The summed E-state index contributed by atoms with van der Waals surface area (Å²) in [7, 11) is -1.18. The van der Waals surface area contributed by atoms with Crippen LogP contribution in [0.5, 0.6) is 17.2 Å². The number of benzene rings is 4. The number of halogens is 2. The number of nitrogens with zero attached hydrogens (tertiary/aromatic N) is 1. The molecule has 4 aromatic carbocycles. The normalized spacial score (nSPS) is 11.1. The molecule has 0 unspecified atom stereocenters. The molecule has 0 amide bonds. The lowest BCUT2D eigenvalue weighted by Gasteiger charge is -2.21. The minimum atomic E-state index is -3.97. The maximum absolute atomic E-state index is 13.2. The molecule has 196 valence electrons. The Kier molecular flexibility index (Phi) is 8.01. The average molecular weight is 573 g/mol. The first-order chi connectivity index (χ1) is 18.1. The summed E-state index contributed by atoms with van der Waals surface area (Å²) in [5, 5.41) is 13.6. The van der Waals surface area contributed by atoms with Crippen molar-refractivity contribution < 1.29 is 27.8 Å². The molecule has 0 bridgehead atoms. The molecule has 38 heavy (non-hydrogen) atoms. The first-order valence-electron chi connectivity index (χ1n) is 11.1. The van der Waals surface area contributed by atoms with E-state index in [1.54, 1.807) is 66.7 Å². The smallest absolute Gasteiger partial charge is 0.337 e. The van der Waals surface area contributed by atoms with Gasteiger partial charge in [0.15, 0.2) is 0 Å². The summed E-state index contributed by atoms with van der Waals surface area (Å²) in [4.78, 5) is 11.8. The number of nitrogens with one attached hydrogen (secondary N) is 1. The Morgan fingerprint density at radius 3 is 2.13 bits per heavy atom. The van der Waals surface area contributed by atoms with Crippen molar-refractivity contribution in [2.75, 3.05) is 23.8 Å². The number of hydrogen-bond donors (Lipinski definition) is 2. The molecular formula is C27H22Cl2N2O6S. The number of hydrogen-bond acceptors (Lipinski definition) is 6. The number of sulfonamides is 1. The number of rotatable bonds is 9. The van der Waals surface area contributed by atoms with Gasteiger partial charge in [-0.15, -0.1) is 0 Å². The van der Waals surface area contributed by atoms with Crippen LogP contribution in [0.4, 0.5) is 17.1 Å². The quantitative estimate of drug-likeness (QED) is 0.221. The molecule has 0 radical (unpaired) electrons. The average Bonchev–Trinajstić information content (AvgIpc) is 2.90. The number of carbonyl (C=O) groups is 1. The molecule has 4 rings (SSSR count). The largest absolute Gasteiger partial charge is 0.495 e. The number of anilines is 3. The molecule has 0 aliphatic rings. The molecule has 0 heterocycles. The van der Waals surface area contributed by atoms with Crippen LogP contribution in [0.15, 0.2) is 89.8 Å². The Hall–Kier alpha value is -3.92. The van der Waals surface area contributed by atoms with Crippen LogP contribution in [0.1, 0.15) is 10.4 Å². The number of aromatic carboxylic acids is 1. The molecule has 0 aliphatic carbocycles. The van der Waals surface area contributed by atoms with Gasteiger partial charge in [0.25, 0.3) is 10.0 Å². The highest BCUT2D eigenvalue weighted by molar-refractivity contribution is 7.93. The van der Waals surface area contributed by atoms with E-state index in [-0.39, 0.29) is 21.2 Å². The number of ether oxygens (including phenoxy) is 2. The van der Waals surface area contributed by atoms with Gasteiger partial charge in [0.05, 0.1) is 24.0 Å². The van der Waals surface area contributed by atoms with Gasteiger partial charge in [0, 0.05) is 22.8 Å². The van der Waals surface area contributed by atoms with Crippen molar-refractivity contribution in [2.45, 2.75) is 4.90 Å². The molecule has 0 aliphatic heterocycles. The maximum Gasteiger partial charge on any atom is 0.337 e. The lowest BCUT2D eigenvalue weighted by atomic mass is 10.1. The van der Waals surface area contributed by atoms with Crippen LogP contribution in [-0.4, -0.2) is 33.7 Å². The zero-order chi connectivity index (χ0) is 27.4. The van der Waals surface area contributed by atoms with Crippen molar-refractivity contribution in [2.24, 2.45) is 0 Å². The van der Waals surface area contributed by atoms with Crippen LogP contribution in [0.2, 0.25) is 10.0 Å². The van der Waals surface area contributed by atoms with Crippen LogP contribution in [-0.2, 0) is 10.0 Å². The molecular weight excluding hydrogens is 551 g/mol. The van der Waals surface area contributed by atoms with Gasteiger partial charge in [0.2, 0.25) is 0 Å². The van der Waals surface area contributed by atoms with Crippen molar-refractivity contribution in [1.29, 1.82) is 0 Å². The standard InChI is InChI=1S/C27H22Cl2N2O6S/c1-31(38(34,35)26-15-18(29)5-14-25(26)36-2)20-8-10-21(11-9-20)37-22-12-13-24(23(16-22)27(32)33)30-19-6-3-17(28)4-7-19/h3-16,30H,1-2H3,(H,32,33). The summed E-state index contributed by atoms with van der Waals surface area (Å²) in [5.74, 6) is -0.286. The van der Waals surface area contributed by atoms with Crippen LogP contribution in [0.25, 0.3) is 0 Å². The van der Waals surface area contributed by atoms with Gasteiger partial charge in [-0.3, -0.25) is 4.31 Å². The topological polar surface area (TPSA) is 105 Å². The van der Waals surface area contributed by atoms with E-state index in [9.17, 15) is 18.3 Å². The summed E-state index contributed by atoms with van der Waals surface area (Å²) < 4.78 is 38.5. The van der Waals surface area contributed by atoms with Crippen LogP contribution < -0.4 is 19.1 Å². The van der Waals surface area contributed by atoms with E-state index in [1.807, 2.05) is 0 Å². The predicted molar refractivity (Wildman–Crippen MR) is 148 cm³/mol. The molecule has 0 fully saturated rings. The predicted octanol–water partition coefficient (Wildman–Crippen LogP) is 7.06. The van der Waals surface area contributed by atoms with Gasteiger partial charge >= 0.3 is 5.97 Å². The summed E-state index contributed by atoms with van der Waals surface area (Å²) in [5.41, 5.74) is 1.44. The molecule has 8 nitrogen and oxygen atoms in total. The highest BCUT2D eigenvalue weighted by atomic mass is 35.5. The van der Waals surface area contributed by atoms with Crippen molar-refractivity contribution >= 4 is 56.3 Å². The van der Waals surface area contributed by atoms with Gasteiger partial charge in [-0.25, -0.2) is 13.2 Å². The van der Waals surface area contributed by atoms with Gasteiger partial charge in [-0.05, 0) is 84.9 Å². The van der Waals surface area contributed by atoms with Crippen molar-refractivity contribution in [3.63, 3.8) is 0 Å². The SMILES string of the molecule is COc1ccc(Cl)cc1S(=O)(=O)N(C)c1ccc(Oc2ccc(Nc3ccc(Cl)cc3)c(C(=O)O)c2)cc1. The fourth-order valence-corrected chi connectivity index (χ4v) is 5.30. The molecule has 0 spiro atoms. The zero-order valence-electron chi connectivity index (χ0n) is 20.2. The van der Waals surface area contributed by atoms with E-state index in [1.165, 1.54) is 32.4 Å². The van der Waals surface area contributed by atoms with Crippen molar-refractivity contribution in [3.05, 3.63) is 101 Å². The van der Waals surface area contributed by atoms with E-state index in [0.717, 1.165) is 4.31 Å². The molecule has 0 atom stereocenters.